The fraction of sp³-hybridized carbons (Fsp3) is 0.600. The topological polar surface area (TPSA) is 70.3 Å². The van der Waals surface area contributed by atoms with Crippen molar-refractivity contribution in [1.82, 2.24) is 9.97 Å². The van der Waals surface area contributed by atoms with Gasteiger partial charge in [-0.1, -0.05) is 0 Å². The van der Waals surface area contributed by atoms with Crippen molar-refractivity contribution < 1.29 is 9.47 Å². The van der Waals surface area contributed by atoms with Crippen LogP contribution in [0.4, 0.5) is 5.82 Å². The van der Waals surface area contributed by atoms with Gasteiger partial charge in [-0.25, -0.2) is 9.97 Å². The molecule has 0 saturated carbocycles. The van der Waals surface area contributed by atoms with Crippen molar-refractivity contribution in [3.8, 4) is 0 Å². The summed E-state index contributed by atoms with van der Waals surface area (Å²) in [6.07, 6.45) is 0. The molecule has 0 fully saturated rings. The van der Waals surface area contributed by atoms with Gasteiger partial charge in [-0.05, 0) is 13.8 Å². The number of hydrogen-bond donors (Lipinski definition) is 1. The van der Waals surface area contributed by atoms with E-state index in [1.165, 1.54) is 0 Å². The molecule has 0 unspecified atom stereocenters. The minimum Gasteiger partial charge on any atom is -0.384 e. The quantitative estimate of drug-likeness (QED) is 0.708. The lowest BCUT2D eigenvalue weighted by atomic mass is 10.4. The monoisotopic (exact) mass is 211 g/mol. The zero-order chi connectivity index (χ0) is 11.1. The minimum atomic E-state index is 0.374. The van der Waals surface area contributed by atoms with Crippen LogP contribution in [0.15, 0.2) is 6.07 Å². The number of aryl methyl sites for hydroxylation is 1. The average Bonchev–Trinajstić information content (AvgIpc) is 2.16. The number of nitrogens with zero attached hydrogens (tertiary/aromatic N) is 2. The lowest BCUT2D eigenvalue weighted by Crippen LogP contribution is -2.07. The zero-order valence-electron chi connectivity index (χ0n) is 9.19. The Morgan fingerprint density at radius 2 is 2.00 bits per heavy atom. The summed E-state index contributed by atoms with van der Waals surface area (Å²) < 4.78 is 10.5. The van der Waals surface area contributed by atoms with Crippen LogP contribution in [0, 0.1) is 6.92 Å². The third-order valence-electron chi connectivity index (χ3n) is 1.73. The van der Waals surface area contributed by atoms with Gasteiger partial charge in [-0.15, -0.1) is 0 Å². The number of aromatic nitrogens is 2. The van der Waals surface area contributed by atoms with Gasteiger partial charge in [0.05, 0.1) is 13.2 Å². The number of anilines is 1. The Labute approximate surface area is 89.6 Å². The van der Waals surface area contributed by atoms with Crippen molar-refractivity contribution in [2.24, 2.45) is 0 Å². The fourth-order valence-electron chi connectivity index (χ4n) is 1.15. The van der Waals surface area contributed by atoms with E-state index < -0.39 is 0 Å². The predicted molar refractivity (Wildman–Crippen MR) is 57.3 cm³/mol. The van der Waals surface area contributed by atoms with Gasteiger partial charge in [0.2, 0.25) is 0 Å². The largest absolute Gasteiger partial charge is 0.384 e. The van der Waals surface area contributed by atoms with E-state index in [9.17, 15) is 0 Å². The Balaban J connectivity index is 2.31. The molecule has 1 aromatic rings. The Kier molecular flexibility index (Phi) is 5.00. The van der Waals surface area contributed by atoms with Crippen LogP contribution in [0.5, 0.6) is 0 Å². The van der Waals surface area contributed by atoms with Gasteiger partial charge in [0.25, 0.3) is 0 Å². The van der Waals surface area contributed by atoms with E-state index in [1.807, 2.05) is 13.8 Å². The molecule has 1 rings (SSSR count). The summed E-state index contributed by atoms with van der Waals surface area (Å²) >= 11 is 0. The molecule has 0 aromatic carbocycles. The second-order valence-electron chi connectivity index (χ2n) is 3.10. The molecule has 1 heterocycles. The van der Waals surface area contributed by atoms with Gasteiger partial charge in [0.1, 0.15) is 12.4 Å². The summed E-state index contributed by atoms with van der Waals surface area (Å²) in [7, 11) is 0. The molecule has 0 saturated heterocycles. The van der Waals surface area contributed by atoms with Crippen molar-refractivity contribution in [1.29, 1.82) is 0 Å². The normalized spacial score (nSPS) is 10.5. The summed E-state index contributed by atoms with van der Waals surface area (Å²) in [6, 6.07) is 1.73. The summed E-state index contributed by atoms with van der Waals surface area (Å²) in [6.45, 7) is 6.05. The van der Waals surface area contributed by atoms with Gasteiger partial charge in [-0.3, -0.25) is 0 Å². The van der Waals surface area contributed by atoms with Crippen molar-refractivity contribution in [2.75, 3.05) is 25.6 Å². The maximum absolute atomic E-state index is 5.58. The number of hydrogen-bond acceptors (Lipinski definition) is 5. The molecule has 0 spiro atoms. The van der Waals surface area contributed by atoms with Gasteiger partial charge in [-0.2, -0.15) is 0 Å². The summed E-state index contributed by atoms with van der Waals surface area (Å²) in [4.78, 5) is 8.25. The molecule has 0 amide bonds. The summed E-state index contributed by atoms with van der Waals surface area (Å²) in [5, 5.41) is 0. The molecule has 0 aliphatic rings. The van der Waals surface area contributed by atoms with Crippen molar-refractivity contribution >= 4 is 5.82 Å². The molecule has 5 nitrogen and oxygen atoms in total. The molecule has 84 valence electrons. The smallest absolute Gasteiger partial charge is 0.156 e. The Morgan fingerprint density at radius 3 is 2.67 bits per heavy atom. The van der Waals surface area contributed by atoms with E-state index in [0.717, 1.165) is 5.69 Å². The number of nitrogens with two attached hydrogens (primary N) is 1. The molecule has 0 bridgehead atoms. The van der Waals surface area contributed by atoms with Gasteiger partial charge < -0.3 is 15.2 Å². The number of ether oxygens (including phenoxy) is 2. The van der Waals surface area contributed by atoms with Crippen LogP contribution in [-0.2, 0) is 16.1 Å². The SMILES string of the molecule is CCOCCOCc1nc(C)cc(N)n1. The highest BCUT2D eigenvalue weighted by Crippen LogP contribution is 2.02. The Bertz CT molecular complexity index is 284. The first-order valence-electron chi connectivity index (χ1n) is 4.98. The molecule has 0 radical (unpaired) electrons. The highest BCUT2D eigenvalue weighted by Gasteiger charge is 1.99. The molecular formula is C10H17N3O2. The van der Waals surface area contributed by atoms with Crippen LogP contribution in [0.1, 0.15) is 18.4 Å². The fourth-order valence-corrected chi connectivity index (χ4v) is 1.15. The molecule has 5 heteroatoms. The predicted octanol–water partition coefficient (Wildman–Crippen LogP) is 0.920. The Morgan fingerprint density at radius 1 is 1.27 bits per heavy atom. The maximum Gasteiger partial charge on any atom is 0.156 e. The van der Waals surface area contributed by atoms with Crippen molar-refractivity contribution in [3.05, 3.63) is 17.6 Å². The zero-order valence-corrected chi connectivity index (χ0v) is 9.19. The first-order valence-corrected chi connectivity index (χ1v) is 4.98. The molecule has 1 aromatic heterocycles. The second kappa shape index (κ2) is 6.31. The van der Waals surface area contributed by atoms with E-state index in [1.54, 1.807) is 6.07 Å². The molecule has 15 heavy (non-hydrogen) atoms. The molecule has 0 aliphatic carbocycles. The Hall–Kier alpha value is -1.20. The summed E-state index contributed by atoms with van der Waals surface area (Å²) in [5.41, 5.74) is 6.43. The van der Waals surface area contributed by atoms with Crippen LogP contribution in [0.3, 0.4) is 0 Å². The van der Waals surface area contributed by atoms with Crippen LogP contribution in [0.2, 0.25) is 0 Å². The lowest BCUT2D eigenvalue weighted by Gasteiger charge is -2.04. The lowest BCUT2D eigenvalue weighted by molar-refractivity contribution is 0.0428. The average molecular weight is 211 g/mol. The van der Waals surface area contributed by atoms with Crippen LogP contribution >= 0.6 is 0 Å². The van der Waals surface area contributed by atoms with Gasteiger partial charge in [0, 0.05) is 18.4 Å². The van der Waals surface area contributed by atoms with E-state index >= 15 is 0 Å². The van der Waals surface area contributed by atoms with Crippen LogP contribution < -0.4 is 5.73 Å². The maximum atomic E-state index is 5.58. The highest BCUT2D eigenvalue weighted by molar-refractivity contribution is 5.28. The van der Waals surface area contributed by atoms with Crippen molar-refractivity contribution in [3.63, 3.8) is 0 Å². The molecule has 0 aliphatic heterocycles. The van der Waals surface area contributed by atoms with Crippen LogP contribution in [0.25, 0.3) is 0 Å². The van der Waals surface area contributed by atoms with Crippen LogP contribution in [-0.4, -0.2) is 29.8 Å². The highest BCUT2D eigenvalue weighted by atomic mass is 16.5. The number of rotatable bonds is 6. The summed E-state index contributed by atoms with van der Waals surface area (Å²) in [5.74, 6) is 1.09. The van der Waals surface area contributed by atoms with E-state index in [4.69, 9.17) is 15.2 Å². The van der Waals surface area contributed by atoms with E-state index in [0.29, 0.717) is 38.1 Å². The minimum absolute atomic E-state index is 0.374. The van der Waals surface area contributed by atoms with E-state index in [2.05, 4.69) is 9.97 Å². The first-order chi connectivity index (χ1) is 7.22. The van der Waals surface area contributed by atoms with Crippen molar-refractivity contribution in [2.45, 2.75) is 20.5 Å². The third kappa shape index (κ3) is 4.71. The van der Waals surface area contributed by atoms with Gasteiger partial charge >= 0.3 is 0 Å². The first kappa shape index (κ1) is 11.9. The second-order valence-corrected chi connectivity index (χ2v) is 3.10. The molecule has 0 atom stereocenters. The third-order valence-corrected chi connectivity index (χ3v) is 1.73. The molecular weight excluding hydrogens is 194 g/mol. The number of nitrogen functional groups attached to an aromatic ring is 1. The molecule has 2 N–H and O–H groups in total. The van der Waals surface area contributed by atoms with Gasteiger partial charge in [0.15, 0.2) is 5.82 Å². The standard InChI is InChI=1S/C10H17N3O2/c1-3-14-4-5-15-7-10-12-8(2)6-9(11)13-10/h6H,3-5,7H2,1-2H3,(H2,11,12,13). The van der Waals surface area contributed by atoms with E-state index in [-0.39, 0.29) is 0 Å².